The molecule has 1 aromatic rings. The Balaban J connectivity index is 1.54. The van der Waals surface area contributed by atoms with Crippen LogP contribution in [0.2, 0.25) is 0 Å². The number of fused-ring (bicyclic) bond motifs is 3. The third-order valence-corrected chi connectivity index (χ3v) is 4.40. The summed E-state index contributed by atoms with van der Waals surface area (Å²) in [5.74, 6) is 0.924. The highest BCUT2D eigenvalue weighted by molar-refractivity contribution is 5.10. The first kappa shape index (κ1) is 11.3. The molecule has 1 aromatic heterocycles. The Bertz CT molecular complexity index is 363. The van der Waals surface area contributed by atoms with Gasteiger partial charge in [0.2, 0.25) is 0 Å². The van der Waals surface area contributed by atoms with Crippen LogP contribution < -0.4 is 5.32 Å². The van der Waals surface area contributed by atoms with Crippen molar-refractivity contribution in [2.75, 3.05) is 19.6 Å². The molecule has 3 aliphatic heterocycles. The first-order chi connectivity index (χ1) is 8.35. The van der Waals surface area contributed by atoms with Gasteiger partial charge in [-0.3, -0.25) is 0 Å². The lowest BCUT2D eigenvalue weighted by Crippen LogP contribution is -2.55. The van der Waals surface area contributed by atoms with Crippen LogP contribution in [0.1, 0.15) is 25.3 Å². The molecule has 3 nitrogen and oxygen atoms in total. The average Bonchev–Trinajstić information content (AvgIpc) is 2.86. The van der Waals surface area contributed by atoms with E-state index in [9.17, 15) is 0 Å². The van der Waals surface area contributed by atoms with Gasteiger partial charge in [-0.1, -0.05) is 0 Å². The summed E-state index contributed by atoms with van der Waals surface area (Å²) in [5.41, 5.74) is 1.42. The van der Waals surface area contributed by atoms with Crippen LogP contribution in [0.25, 0.3) is 0 Å². The van der Waals surface area contributed by atoms with Gasteiger partial charge in [0, 0.05) is 38.1 Å². The molecule has 0 aliphatic carbocycles. The first-order valence-electron chi connectivity index (χ1n) is 6.95. The molecule has 4 heterocycles. The highest BCUT2D eigenvalue weighted by Gasteiger charge is 2.33. The molecule has 0 amide bonds. The van der Waals surface area contributed by atoms with Crippen LogP contribution in [0, 0.1) is 5.92 Å². The van der Waals surface area contributed by atoms with E-state index in [0.29, 0.717) is 0 Å². The molecule has 0 aromatic carbocycles. The van der Waals surface area contributed by atoms with Crippen LogP contribution in [-0.4, -0.2) is 35.1 Å². The number of nitrogens with zero attached hydrogens (tertiary/aromatic N) is 2. The van der Waals surface area contributed by atoms with Crippen molar-refractivity contribution < 1.29 is 0 Å². The monoisotopic (exact) mass is 233 g/mol. The van der Waals surface area contributed by atoms with E-state index in [1.54, 1.807) is 0 Å². The molecule has 94 valence electrons. The van der Waals surface area contributed by atoms with E-state index in [-0.39, 0.29) is 0 Å². The Morgan fingerprint density at radius 3 is 2.76 bits per heavy atom. The fourth-order valence-electron chi connectivity index (χ4n) is 3.24. The summed E-state index contributed by atoms with van der Waals surface area (Å²) in [6.07, 6.45) is 7.23. The van der Waals surface area contributed by atoms with Crippen LogP contribution in [0.15, 0.2) is 18.5 Å². The van der Waals surface area contributed by atoms with Gasteiger partial charge >= 0.3 is 0 Å². The molecule has 2 bridgehead atoms. The van der Waals surface area contributed by atoms with Gasteiger partial charge in [0.25, 0.3) is 0 Å². The minimum absolute atomic E-state index is 0.725. The van der Waals surface area contributed by atoms with E-state index in [2.05, 4.69) is 40.2 Å². The van der Waals surface area contributed by atoms with Crippen molar-refractivity contribution in [2.45, 2.75) is 38.9 Å². The molecule has 3 fully saturated rings. The number of hydrogen-bond acceptors (Lipinski definition) is 2. The zero-order valence-electron chi connectivity index (χ0n) is 10.7. The van der Waals surface area contributed by atoms with Crippen LogP contribution in [-0.2, 0) is 13.1 Å². The number of rotatable bonds is 4. The number of hydrogen-bond donors (Lipinski definition) is 1. The summed E-state index contributed by atoms with van der Waals surface area (Å²) >= 11 is 0. The third kappa shape index (κ3) is 2.40. The number of nitrogens with one attached hydrogen (secondary N) is 1. The smallest absolute Gasteiger partial charge is 0.0227 e. The normalized spacial score (nSPS) is 31.9. The second kappa shape index (κ2) is 4.83. The SMILES string of the molecule is CCn1ccc(CNC2CN3CCC2CC3)c1. The summed E-state index contributed by atoms with van der Waals surface area (Å²) in [6.45, 7) is 8.20. The van der Waals surface area contributed by atoms with Crippen molar-refractivity contribution in [3.63, 3.8) is 0 Å². The lowest BCUT2D eigenvalue weighted by atomic mass is 9.84. The van der Waals surface area contributed by atoms with Crippen molar-refractivity contribution in [1.29, 1.82) is 0 Å². The highest BCUT2D eigenvalue weighted by atomic mass is 15.2. The minimum Gasteiger partial charge on any atom is -0.354 e. The lowest BCUT2D eigenvalue weighted by Gasteiger charge is -2.45. The summed E-state index contributed by atoms with van der Waals surface area (Å²) in [7, 11) is 0. The van der Waals surface area contributed by atoms with Crippen LogP contribution in [0.4, 0.5) is 0 Å². The van der Waals surface area contributed by atoms with Gasteiger partial charge in [0.15, 0.2) is 0 Å². The predicted octanol–water partition coefficient (Wildman–Crippen LogP) is 1.69. The van der Waals surface area contributed by atoms with E-state index in [0.717, 1.165) is 25.0 Å². The second-order valence-corrected chi connectivity index (χ2v) is 5.48. The molecule has 17 heavy (non-hydrogen) atoms. The molecule has 0 spiro atoms. The molecule has 3 saturated heterocycles. The first-order valence-corrected chi connectivity index (χ1v) is 6.95. The van der Waals surface area contributed by atoms with Crippen molar-refractivity contribution in [3.8, 4) is 0 Å². The summed E-state index contributed by atoms with van der Waals surface area (Å²) in [5, 5.41) is 3.75. The lowest BCUT2D eigenvalue weighted by molar-refractivity contribution is 0.0720. The van der Waals surface area contributed by atoms with E-state index in [1.807, 2.05) is 0 Å². The second-order valence-electron chi connectivity index (χ2n) is 5.48. The largest absolute Gasteiger partial charge is 0.354 e. The molecule has 0 saturated carbocycles. The quantitative estimate of drug-likeness (QED) is 0.854. The topological polar surface area (TPSA) is 20.2 Å². The van der Waals surface area contributed by atoms with Gasteiger partial charge in [-0.25, -0.2) is 0 Å². The maximum Gasteiger partial charge on any atom is 0.0227 e. The van der Waals surface area contributed by atoms with Crippen LogP contribution in [0.3, 0.4) is 0 Å². The maximum absolute atomic E-state index is 3.75. The van der Waals surface area contributed by atoms with E-state index >= 15 is 0 Å². The van der Waals surface area contributed by atoms with Gasteiger partial charge in [-0.05, 0) is 50.4 Å². The Labute approximate surface area is 104 Å². The van der Waals surface area contributed by atoms with Crippen molar-refractivity contribution in [3.05, 3.63) is 24.0 Å². The number of piperidine rings is 3. The van der Waals surface area contributed by atoms with E-state index in [1.165, 1.54) is 38.0 Å². The third-order valence-electron chi connectivity index (χ3n) is 4.40. The predicted molar refractivity (Wildman–Crippen MR) is 69.9 cm³/mol. The molecule has 1 N–H and O–H groups in total. The molecular weight excluding hydrogens is 210 g/mol. The standard InChI is InChI=1S/C14H23N3/c1-2-16-6-3-12(10-16)9-15-14-11-17-7-4-13(14)5-8-17/h3,6,10,13-15H,2,4-5,7-9,11H2,1H3. The Morgan fingerprint density at radius 1 is 1.35 bits per heavy atom. The van der Waals surface area contributed by atoms with Gasteiger partial charge in [0.05, 0.1) is 0 Å². The van der Waals surface area contributed by atoms with Gasteiger partial charge in [0.1, 0.15) is 0 Å². The molecule has 0 radical (unpaired) electrons. The number of aryl methyl sites for hydroxylation is 1. The Hall–Kier alpha value is -0.800. The van der Waals surface area contributed by atoms with Gasteiger partial charge < -0.3 is 14.8 Å². The zero-order valence-corrected chi connectivity index (χ0v) is 10.7. The highest BCUT2D eigenvalue weighted by Crippen LogP contribution is 2.27. The minimum atomic E-state index is 0.725. The Kier molecular flexibility index (Phi) is 3.21. The molecular formula is C14H23N3. The van der Waals surface area contributed by atoms with Crippen molar-refractivity contribution in [2.24, 2.45) is 5.92 Å². The van der Waals surface area contributed by atoms with Gasteiger partial charge in [-0.2, -0.15) is 0 Å². The van der Waals surface area contributed by atoms with Crippen LogP contribution in [0.5, 0.6) is 0 Å². The average molecular weight is 233 g/mol. The maximum atomic E-state index is 3.75. The fourth-order valence-corrected chi connectivity index (χ4v) is 3.24. The molecule has 1 atom stereocenters. The van der Waals surface area contributed by atoms with Gasteiger partial charge in [-0.15, -0.1) is 0 Å². The van der Waals surface area contributed by atoms with Crippen molar-refractivity contribution >= 4 is 0 Å². The fraction of sp³-hybridized carbons (Fsp3) is 0.714. The molecule has 4 rings (SSSR count). The zero-order chi connectivity index (χ0) is 11.7. The van der Waals surface area contributed by atoms with E-state index in [4.69, 9.17) is 0 Å². The number of aromatic nitrogens is 1. The van der Waals surface area contributed by atoms with E-state index < -0.39 is 0 Å². The van der Waals surface area contributed by atoms with Crippen molar-refractivity contribution in [1.82, 2.24) is 14.8 Å². The summed E-state index contributed by atoms with van der Waals surface area (Å²) in [4.78, 5) is 2.61. The summed E-state index contributed by atoms with van der Waals surface area (Å²) < 4.78 is 2.24. The molecule has 3 aliphatic rings. The summed E-state index contributed by atoms with van der Waals surface area (Å²) in [6, 6.07) is 2.96. The Morgan fingerprint density at radius 2 is 2.18 bits per heavy atom. The van der Waals surface area contributed by atoms with Crippen LogP contribution >= 0.6 is 0 Å². The molecule has 3 heteroatoms. The molecule has 1 unspecified atom stereocenters.